The summed E-state index contributed by atoms with van der Waals surface area (Å²) in [5, 5.41) is 10.7. The van der Waals surface area contributed by atoms with Crippen LogP contribution in [0.5, 0.6) is 11.5 Å². The molecule has 0 N–H and O–H groups in total. The standard InChI is InChI=1S/C12H9N5O3/c1-19-6-3-4-7(8(5-6)20-2)10-13-11-9(12(18)14-10)15-17-16-11/h3-5H,1-2H3. The van der Waals surface area contributed by atoms with E-state index in [0.29, 0.717) is 17.1 Å². The van der Waals surface area contributed by atoms with Crippen molar-refractivity contribution in [2.45, 2.75) is 0 Å². The number of ether oxygens (including phenoxy) is 2. The first kappa shape index (κ1) is 12.2. The van der Waals surface area contributed by atoms with Gasteiger partial charge in [-0.2, -0.15) is 4.99 Å². The summed E-state index contributed by atoms with van der Waals surface area (Å²) < 4.78 is 10.4. The summed E-state index contributed by atoms with van der Waals surface area (Å²) >= 11 is 0. The molecule has 100 valence electrons. The van der Waals surface area contributed by atoms with Gasteiger partial charge in [0.15, 0.2) is 5.84 Å². The van der Waals surface area contributed by atoms with Crippen molar-refractivity contribution in [1.29, 1.82) is 0 Å². The maximum atomic E-state index is 11.8. The highest BCUT2D eigenvalue weighted by Gasteiger charge is 2.28. The predicted octanol–water partition coefficient (Wildman–Crippen LogP) is 1.21. The molecule has 0 aliphatic carbocycles. The Balaban J connectivity index is 2.08. The first-order chi connectivity index (χ1) is 9.72. The van der Waals surface area contributed by atoms with Gasteiger partial charge in [0.25, 0.3) is 0 Å². The van der Waals surface area contributed by atoms with E-state index in [4.69, 9.17) is 9.47 Å². The van der Waals surface area contributed by atoms with Crippen molar-refractivity contribution in [2.24, 2.45) is 25.4 Å². The number of nitrogens with zero attached hydrogens (tertiary/aromatic N) is 5. The first-order valence-corrected chi connectivity index (χ1v) is 5.66. The molecule has 20 heavy (non-hydrogen) atoms. The highest BCUT2D eigenvalue weighted by atomic mass is 16.5. The van der Waals surface area contributed by atoms with Crippen LogP contribution in [0, 0.1) is 0 Å². The lowest BCUT2D eigenvalue weighted by atomic mass is 10.1. The third-order valence-electron chi connectivity index (χ3n) is 2.77. The molecule has 8 heteroatoms. The lowest BCUT2D eigenvalue weighted by Crippen LogP contribution is -2.26. The van der Waals surface area contributed by atoms with Crippen molar-refractivity contribution in [3.8, 4) is 11.5 Å². The highest BCUT2D eigenvalue weighted by Crippen LogP contribution is 2.26. The smallest absolute Gasteiger partial charge is 0.303 e. The van der Waals surface area contributed by atoms with Crippen LogP contribution in [-0.2, 0) is 4.79 Å². The fourth-order valence-corrected chi connectivity index (χ4v) is 1.79. The van der Waals surface area contributed by atoms with Gasteiger partial charge in [-0.1, -0.05) is 0 Å². The van der Waals surface area contributed by atoms with Gasteiger partial charge in [-0.15, -0.1) is 10.2 Å². The minimum Gasteiger partial charge on any atom is -0.497 e. The van der Waals surface area contributed by atoms with E-state index in [1.165, 1.54) is 7.11 Å². The van der Waals surface area contributed by atoms with Gasteiger partial charge in [-0.25, -0.2) is 4.99 Å². The van der Waals surface area contributed by atoms with Gasteiger partial charge >= 0.3 is 5.91 Å². The number of amides is 1. The minimum absolute atomic E-state index is 0.0567. The van der Waals surface area contributed by atoms with E-state index in [1.54, 1.807) is 25.3 Å². The van der Waals surface area contributed by atoms with Crippen molar-refractivity contribution in [2.75, 3.05) is 14.2 Å². The molecule has 1 aromatic rings. The highest BCUT2D eigenvalue weighted by molar-refractivity contribution is 6.69. The Bertz CT molecular complexity index is 718. The first-order valence-electron chi connectivity index (χ1n) is 5.66. The fourth-order valence-electron chi connectivity index (χ4n) is 1.79. The molecule has 0 saturated carbocycles. The van der Waals surface area contributed by atoms with Crippen LogP contribution in [0.15, 0.2) is 43.6 Å². The predicted molar refractivity (Wildman–Crippen MR) is 70.8 cm³/mol. The summed E-state index contributed by atoms with van der Waals surface area (Å²) in [6, 6.07) is 5.12. The Kier molecular flexibility index (Phi) is 2.82. The van der Waals surface area contributed by atoms with Crippen LogP contribution in [0.3, 0.4) is 0 Å². The molecular formula is C12H9N5O3. The number of fused-ring (bicyclic) bond motifs is 1. The van der Waals surface area contributed by atoms with Gasteiger partial charge < -0.3 is 9.47 Å². The van der Waals surface area contributed by atoms with Gasteiger partial charge in [0, 0.05) is 6.07 Å². The lowest BCUT2D eigenvalue weighted by molar-refractivity contribution is -0.111. The monoisotopic (exact) mass is 271 g/mol. The number of hydrogen-bond acceptors (Lipinski definition) is 7. The lowest BCUT2D eigenvalue weighted by Gasteiger charge is -2.11. The number of aliphatic imine (C=N–C) groups is 2. The normalized spacial score (nSPS) is 16.3. The Morgan fingerprint density at radius 2 is 1.90 bits per heavy atom. The number of carbonyl (C=O) groups is 1. The molecule has 0 aromatic heterocycles. The van der Waals surface area contributed by atoms with E-state index in [2.05, 4.69) is 25.4 Å². The number of methoxy groups -OCH3 is 2. The second kappa shape index (κ2) is 4.65. The van der Waals surface area contributed by atoms with Crippen LogP contribution in [0.2, 0.25) is 0 Å². The van der Waals surface area contributed by atoms with Crippen molar-refractivity contribution in [1.82, 2.24) is 0 Å². The molecular weight excluding hydrogens is 262 g/mol. The van der Waals surface area contributed by atoms with Gasteiger partial charge in [-0.3, -0.25) is 4.79 Å². The zero-order valence-corrected chi connectivity index (χ0v) is 10.7. The second-order valence-electron chi connectivity index (χ2n) is 3.88. The third kappa shape index (κ3) is 1.87. The Labute approximate surface area is 113 Å². The van der Waals surface area contributed by atoms with Crippen LogP contribution >= 0.6 is 0 Å². The average Bonchev–Trinajstić information content (AvgIpc) is 2.95. The van der Waals surface area contributed by atoms with Crippen molar-refractivity contribution < 1.29 is 14.3 Å². The molecule has 0 atom stereocenters. The van der Waals surface area contributed by atoms with E-state index in [1.807, 2.05) is 0 Å². The zero-order chi connectivity index (χ0) is 14.1. The molecule has 2 aliphatic rings. The van der Waals surface area contributed by atoms with Crippen molar-refractivity contribution in [3.63, 3.8) is 0 Å². The summed E-state index contributed by atoms with van der Waals surface area (Å²) in [6.45, 7) is 0. The Morgan fingerprint density at radius 3 is 2.65 bits per heavy atom. The number of carbonyl (C=O) groups excluding carboxylic acids is 1. The van der Waals surface area contributed by atoms with Crippen LogP contribution in [0.25, 0.3) is 0 Å². The molecule has 3 rings (SSSR count). The van der Waals surface area contributed by atoms with Crippen LogP contribution in [0.1, 0.15) is 5.56 Å². The van der Waals surface area contributed by atoms with E-state index in [-0.39, 0.29) is 17.4 Å². The molecule has 0 radical (unpaired) electrons. The largest absolute Gasteiger partial charge is 0.497 e. The Hall–Kier alpha value is -2.90. The van der Waals surface area contributed by atoms with Gasteiger partial charge in [0.2, 0.25) is 11.5 Å². The average molecular weight is 271 g/mol. The maximum absolute atomic E-state index is 11.8. The summed E-state index contributed by atoms with van der Waals surface area (Å²) in [6.07, 6.45) is 0. The van der Waals surface area contributed by atoms with Crippen LogP contribution in [0.4, 0.5) is 0 Å². The molecule has 1 aromatic carbocycles. The summed E-state index contributed by atoms with van der Waals surface area (Å²) in [4.78, 5) is 19.8. The van der Waals surface area contributed by atoms with Crippen molar-refractivity contribution in [3.05, 3.63) is 23.8 Å². The third-order valence-corrected chi connectivity index (χ3v) is 2.77. The SMILES string of the molecule is COc1ccc(C2=NC(=O)C3=NN=NC3=N2)c(OC)c1. The summed E-state index contributed by atoms with van der Waals surface area (Å²) in [5.41, 5.74) is 0.622. The molecule has 0 saturated heterocycles. The molecule has 2 aliphatic heterocycles. The quantitative estimate of drug-likeness (QED) is 0.826. The van der Waals surface area contributed by atoms with E-state index in [0.717, 1.165) is 0 Å². The second-order valence-corrected chi connectivity index (χ2v) is 3.88. The minimum atomic E-state index is -0.520. The molecule has 0 spiro atoms. The van der Waals surface area contributed by atoms with E-state index in [9.17, 15) is 4.79 Å². The summed E-state index contributed by atoms with van der Waals surface area (Å²) in [7, 11) is 3.07. The van der Waals surface area contributed by atoms with Gasteiger partial charge in [0.1, 0.15) is 11.5 Å². The molecule has 2 heterocycles. The summed E-state index contributed by atoms with van der Waals surface area (Å²) in [5.74, 6) is 0.981. The molecule has 0 bridgehead atoms. The Morgan fingerprint density at radius 1 is 1.05 bits per heavy atom. The topological polar surface area (TPSA) is 97.3 Å². The fraction of sp³-hybridized carbons (Fsp3) is 0.167. The zero-order valence-electron chi connectivity index (χ0n) is 10.7. The molecule has 0 unspecified atom stereocenters. The van der Waals surface area contributed by atoms with Crippen LogP contribution < -0.4 is 9.47 Å². The molecule has 8 nitrogen and oxygen atoms in total. The number of hydrogen-bond donors (Lipinski definition) is 0. The van der Waals surface area contributed by atoms with Crippen molar-refractivity contribution >= 4 is 23.3 Å². The number of benzene rings is 1. The van der Waals surface area contributed by atoms with E-state index >= 15 is 0 Å². The van der Waals surface area contributed by atoms with Gasteiger partial charge in [0.05, 0.1) is 19.8 Å². The molecule has 1 amide bonds. The number of rotatable bonds is 3. The van der Waals surface area contributed by atoms with Gasteiger partial charge in [-0.05, 0) is 17.4 Å². The van der Waals surface area contributed by atoms with Crippen LogP contribution in [-0.4, -0.2) is 37.5 Å². The number of amidine groups is 2. The van der Waals surface area contributed by atoms with E-state index < -0.39 is 5.91 Å². The maximum Gasteiger partial charge on any atom is 0.303 e. The molecule has 0 fully saturated rings.